The zero-order valence-electron chi connectivity index (χ0n) is 9.38. The molecule has 0 aliphatic rings. The van der Waals surface area contributed by atoms with E-state index in [4.69, 9.17) is 9.47 Å². The van der Waals surface area contributed by atoms with E-state index >= 15 is 0 Å². The third kappa shape index (κ3) is 1.99. The highest BCUT2D eigenvalue weighted by Crippen LogP contribution is 2.26. The van der Waals surface area contributed by atoms with Gasteiger partial charge in [0.05, 0.1) is 18.2 Å². The van der Waals surface area contributed by atoms with Crippen LogP contribution >= 0.6 is 11.3 Å². The van der Waals surface area contributed by atoms with Gasteiger partial charge in [-0.1, -0.05) is 0 Å². The van der Waals surface area contributed by atoms with Gasteiger partial charge >= 0.3 is 0 Å². The van der Waals surface area contributed by atoms with Crippen LogP contribution in [0.25, 0.3) is 10.7 Å². The van der Waals surface area contributed by atoms with Crippen molar-refractivity contribution >= 4 is 11.3 Å². The summed E-state index contributed by atoms with van der Waals surface area (Å²) in [5.74, 6) is 0. The average molecular weight is 239 g/mol. The molecule has 2 aromatic heterocycles. The topological polar surface area (TPSA) is 49.2 Å². The molecule has 0 fully saturated rings. The highest BCUT2D eigenvalue weighted by atomic mass is 32.1. The Balaban J connectivity index is 2.29. The fourth-order valence-electron chi connectivity index (χ4n) is 1.41. The van der Waals surface area contributed by atoms with Crippen molar-refractivity contribution in [3.8, 4) is 10.7 Å². The predicted octanol–water partition coefficient (Wildman–Crippen LogP) is 1.83. The van der Waals surface area contributed by atoms with E-state index in [1.54, 1.807) is 38.1 Å². The lowest BCUT2D eigenvalue weighted by Crippen LogP contribution is -2.03. The number of nitrogens with zero attached hydrogens (tertiary/aromatic N) is 3. The molecule has 0 saturated carbocycles. The van der Waals surface area contributed by atoms with E-state index < -0.39 is 6.29 Å². The molecular formula is C10H13N3O2S. The molecule has 16 heavy (non-hydrogen) atoms. The molecule has 0 aliphatic carbocycles. The lowest BCUT2D eigenvalue weighted by Gasteiger charge is -2.09. The maximum Gasteiger partial charge on any atom is 0.201 e. The molecule has 0 radical (unpaired) electrons. The van der Waals surface area contributed by atoms with Gasteiger partial charge < -0.3 is 14.0 Å². The monoisotopic (exact) mass is 239 g/mol. The zero-order valence-corrected chi connectivity index (χ0v) is 10.2. The Morgan fingerprint density at radius 3 is 2.69 bits per heavy atom. The molecule has 5 nitrogen and oxygen atoms in total. The smallest absolute Gasteiger partial charge is 0.201 e. The summed E-state index contributed by atoms with van der Waals surface area (Å²) in [6.45, 7) is 0. The molecule has 0 bridgehead atoms. The third-order valence-corrected chi connectivity index (χ3v) is 3.11. The first-order valence-electron chi connectivity index (χ1n) is 4.74. The predicted molar refractivity (Wildman–Crippen MR) is 61.1 cm³/mol. The fourth-order valence-corrected chi connectivity index (χ4v) is 2.28. The van der Waals surface area contributed by atoms with Crippen molar-refractivity contribution in [2.45, 2.75) is 6.29 Å². The summed E-state index contributed by atoms with van der Waals surface area (Å²) >= 11 is 1.55. The molecule has 0 amide bonds. The van der Waals surface area contributed by atoms with E-state index in [1.165, 1.54) is 0 Å². The summed E-state index contributed by atoms with van der Waals surface area (Å²) in [5, 5.41) is 2.84. The number of ether oxygens (including phenoxy) is 2. The second kappa shape index (κ2) is 4.73. The van der Waals surface area contributed by atoms with Crippen molar-refractivity contribution in [2.75, 3.05) is 14.2 Å². The van der Waals surface area contributed by atoms with Crippen LogP contribution in [0.15, 0.2) is 17.9 Å². The first-order chi connectivity index (χ1) is 7.76. The Morgan fingerprint density at radius 1 is 1.38 bits per heavy atom. The van der Waals surface area contributed by atoms with E-state index in [2.05, 4.69) is 9.97 Å². The molecule has 0 atom stereocenters. The minimum Gasteiger partial charge on any atom is -0.350 e. The SMILES string of the molecule is COC(OC)c1csc(-c2cncn2C)n1. The minimum absolute atomic E-state index is 0.404. The van der Waals surface area contributed by atoms with Gasteiger partial charge in [-0.2, -0.15) is 0 Å². The highest BCUT2D eigenvalue weighted by Gasteiger charge is 2.15. The molecule has 0 unspecified atom stereocenters. The molecule has 0 N–H and O–H groups in total. The molecule has 2 heterocycles. The van der Waals surface area contributed by atoms with Gasteiger partial charge in [0.15, 0.2) is 0 Å². The van der Waals surface area contributed by atoms with Crippen LogP contribution in [-0.2, 0) is 16.5 Å². The van der Waals surface area contributed by atoms with Crippen LogP contribution in [0.2, 0.25) is 0 Å². The van der Waals surface area contributed by atoms with Crippen LogP contribution in [0.4, 0.5) is 0 Å². The van der Waals surface area contributed by atoms with Gasteiger partial charge in [0, 0.05) is 26.6 Å². The van der Waals surface area contributed by atoms with Gasteiger partial charge in [0.25, 0.3) is 0 Å². The number of hydrogen-bond donors (Lipinski definition) is 0. The van der Waals surface area contributed by atoms with Gasteiger partial charge in [-0.05, 0) is 0 Å². The molecule has 86 valence electrons. The van der Waals surface area contributed by atoms with Crippen LogP contribution < -0.4 is 0 Å². The van der Waals surface area contributed by atoms with Crippen LogP contribution in [0.5, 0.6) is 0 Å². The summed E-state index contributed by atoms with van der Waals surface area (Å²) in [6, 6.07) is 0. The van der Waals surface area contributed by atoms with Crippen LogP contribution in [0.1, 0.15) is 12.0 Å². The lowest BCUT2D eigenvalue weighted by molar-refractivity contribution is -0.108. The van der Waals surface area contributed by atoms with Crippen LogP contribution in [0, 0.1) is 0 Å². The molecule has 0 aromatic carbocycles. The van der Waals surface area contributed by atoms with Crippen molar-refractivity contribution in [3.63, 3.8) is 0 Å². The molecule has 0 spiro atoms. The average Bonchev–Trinajstić information content (AvgIpc) is 2.89. The zero-order chi connectivity index (χ0) is 11.5. The number of rotatable bonds is 4. The maximum absolute atomic E-state index is 5.15. The standard InChI is InChI=1S/C10H13N3O2S/c1-13-6-11-4-8(13)9-12-7(5-16-9)10(14-2)15-3/h4-6,10H,1-3H3. The molecular weight excluding hydrogens is 226 g/mol. The molecule has 6 heteroatoms. The summed E-state index contributed by atoms with van der Waals surface area (Å²) < 4.78 is 12.2. The van der Waals surface area contributed by atoms with Gasteiger partial charge in [-0.3, -0.25) is 0 Å². The Kier molecular flexibility index (Phi) is 3.33. The second-order valence-corrected chi connectivity index (χ2v) is 4.13. The van der Waals surface area contributed by atoms with Crippen molar-refractivity contribution in [3.05, 3.63) is 23.6 Å². The number of methoxy groups -OCH3 is 2. The largest absolute Gasteiger partial charge is 0.350 e. The number of thiazole rings is 1. The Bertz CT molecular complexity index is 462. The van der Waals surface area contributed by atoms with E-state index in [-0.39, 0.29) is 0 Å². The Labute approximate surface area is 97.7 Å². The van der Waals surface area contributed by atoms with Gasteiger partial charge in [-0.25, -0.2) is 9.97 Å². The summed E-state index contributed by atoms with van der Waals surface area (Å²) in [4.78, 5) is 8.52. The molecule has 2 rings (SSSR count). The van der Waals surface area contributed by atoms with E-state index in [1.807, 2.05) is 17.0 Å². The number of hydrogen-bond acceptors (Lipinski definition) is 5. The number of aryl methyl sites for hydroxylation is 1. The van der Waals surface area contributed by atoms with Gasteiger partial charge in [-0.15, -0.1) is 11.3 Å². The first kappa shape index (κ1) is 11.3. The van der Waals surface area contributed by atoms with E-state index in [0.717, 1.165) is 16.4 Å². The molecule has 0 saturated heterocycles. The number of imidazole rings is 1. The summed E-state index contributed by atoms with van der Waals surface area (Å²) in [6.07, 6.45) is 3.14. The van der Waals surface area contributed by atoms with Crippen molar-refractivity contribution < 1.29 is 9.47 Å². The highest BCUT2D eigenvalue weighted by molar-refractivity contribution is 7.13. The summed E-state index contributed by atoms with van der Waals surface area (Å²) in [5.41, 5.74) is 1.77. The quantitative estimate of drug-likeness (QED) is 0.764. The Hall–Kier alpha value is -1.24. The molecule has 2 aromatic rings. The normalized spacial score (nSPS) is 11.2. The van der Waals surface area contributed by atoms with Crippen molar-refractivity contribution in [1.82, 2.24) is 14.5 Å². The lowest BCUT2D eigenvalue weighted by atomic mass is 10.4. The summed E-state index contributed by atoms with van der Waals surface area (Å²) in [7, 11) is 5.13. The maximum atomic E-state index is 5.15. The Morgan fingerprint density at radius 2 is 2.12 bits per heavy atom. The van der Waals surface area contributed by atoms with Crippen LogP contribution in [-0.4, -0.2) is 28.8 Å². The van der Waals surface area contributed by atoms with Crippen molar-refractivity contribution in [2.24, 2.45) is 7.05 Å². The minimum atomic E-state index is -0.404. The van der Waals surface area contributed by atoms with Crippen LogP contribution in [0.3, 0.4) is 0 Å². The van der Waals surface area contributed by atoms with Gasteiger partial charge in [0.1, 0.15) is 10.7 Å². The molecule has 0 aliphatic heterocycles. The first-order valence-corrected chi connectivity index (χ1v) is 5.62. The van der Waals surface area contributed by atoms with Gasteiger partial charge in [0.2, 0.25) is 6.29 Å². The second-order valence-electron chi connectivity index (χ2n) is 3.27. The van der Waals surface area contributed by atoms with E-state index in [0.29, 0.717) is 0 Å². The fraction of sp³-hybridized carbons (Fsp3) is 0.400. The third-order valence-electron chi connectivity index (χ3n) is 2.23. The van der Waals surface area contributed by atoms with Crippen molar-refractivity contribution in [1.29, 1.82) is 0 Å². The number of aromatic nitrogens is 3. The van der Waals surface area contributed by atoms with E-state index in [9.17, 15) is 0 Å².